The molecule has 0 saturated heterocycles. The highest BCUT2D eigenvalue weighted by Gasteiger charge is 2.19. The van der Waals surface area contributed by atoms with Crippen molar-refractivity contribution in [2.75, 3.05) is 13.7 Å². The number of nitrogens with zero attached hydrogens (tertiary/aromatic N) is 1. The summed E-state index contributed by atoms with van der Waals surface area (Å²) in [5.74, 6) is -2.11. The zero-order valence-electron chi connectivity index (χ0n) is 12.0. The SMILES string of the molecule is Cc1ccc(C(=O)OCC(=O)N(C)C(C)C)c(O)c1O. The van der Waals surface area contributed by atoms with E-state index in [1.807, 2.05) is 13.8 Å². The van der Waals surface area contributed by atoms with Crippen molar-refractivity contribution < 1.29 is 24.5 Å². The molecule has 0 aromatic heterocycles. The van der Waals surface area contributed by atoms with Gasteiger partial charge in [-0.25, -0.2) is 4.79 Å². The number of phenols is 2. The minimum absolute atomic E-state index is 0.00183. The van der Waals surface area contributed by atoms with E-state index in [0.717, 1.165) is 0 Å². The number of esters is 1. The van der Waals surface area contributed by atoms with Crippen LogP contribution in [0.5, 0.6) is 11.5 Å². The second-order valence-electron chi connectivity index (χ2n) is 4.80. The molecule has 0 radical (unpaired) electrons. The van der Waals surface area contributed by atoms with Crippen LogP contribution in [0.2, 0.25) is 0 Å². The molecule has 0 saturated carbocycles. The molecule has 0 aliphatic heterocycles. The quantitative estimate of drug-likeness (QED) is 0.644. The summed E-state index contributed by atoms with van der Waals surface area (Å²) < 4.78 is 4.84. The van der Waals surface area contributed by atoms with Gasteiger partial charge in [-0.2, -0.15) is 0 Å². The number of likely N-dealkylation sites (N-methyl/N-ethyl adjacent to an activating group) is 1. The number of ether oxygens (including phenoxy) is 1. The molecule has 0 spiro atoms. The largest absolute Gasteiger partial charge is 0.504 e. The van der Waals surface area contributed by atoms with Crippen LogP contribution in [0.25, 0.3) is 0 Å². The molecule has 0 aliphatic rings. The molecular weight excluding hydrogens is 262 g/mol. The topological polar surface area (TPSA) is 87.1 Å². The number of benzene rings is 1. The zero-order valence-corrected chi connectivity index (χ0v) is 12.0. The summed E-state index contributed by atoms with van der Waals surface area (Å²) in [6.07, 6.45) is 0. The minimum Gasteiger partial charge on any atom is -0.504 e. The number of carbonyl (C=O) groups excluding carboxylic acids is 2. The summed E-state index contributed by atoms with van der Waals surface area (Å²) in [6.45, 7) is 4.85. The van der Waals surface area contributed by atoms with E-state index in [4.69, 9.17) is 4.74 Å². The van der Waals surface area contributed by atoms with Gasteiger partial charge in [0, 0.05) is 13.1 Å². The highest BCUT2D eigenvalue weighted by Crippen LogP contribution is 2.32. The van der Waals surface area contributed by atoms with Crippen LogP contribution in [0.1, 0.15) is 29.8 Å². The maximum atomic E-state index is 11.8. The van der Waals surface area contributed by atoms with Gasteiger partial charge in [0.1, 0.15) is 5.56 Å². The van der Waals surface area contributed by atoms with E-state index in [0.29, 0.717) is 5.56 Å². The molecular formula is C14H19NO5. The summed E-state index contributed by atoms with van der Waals surface area (Å²) in [4.78, 5) is 24.9. The zero-order chi connectivity index (χ0) is 15.4. The molecule has 0 atom stereocenters. The van der Waals surface area contributed by atoms with Gasteiger partial charge in [0.05, 0.1) is 0 Å². The van der Waals surface area contributed by atoms with Crippen molar-refractivity contribution in [2.24, 2.45) is 0 Å². The molecule has 1 rings (SSSR count). The van der Waals surface area contributed by atoms with Crippen LogP contribution in [0.4, 0.5) is 0 Å². The van der Waals surface area contributed by atoms with E-state index >= 15 is 0 Å². The molecule has 0 heterocycles. The van der Waals surface area contributed by atoms with Gasteiger partial charge >= 0.3 is 5.97 Å². The first kappa shape index (κ1) is 15.8. The van der Waals surface area contributed by atoms with Crippen LogP contribution in [0.3, 0.4) is 0 Å². The minimum atomic E-state index is -0.858. The fraction of sp³-hybridized carbons (Fsp3) is 0.429. The number of amides is 1. The Balaban J connectivity index is 2.74. The lowest BCUT2D eigenvalue weighted by molar-refractivity contribution is -0.134. The number of hydrogen-bond acceptors (Lipinski definition) is 5. The second kappa shape index (κ2) is 6.27. The highest BCUT2D eigenvalue weighted by atomic mass is 16.5. The van der Waals surface area contributed by atoms with Crippen LogP contribution in [0, 0.1) is 6.92 Å². The van der Waals surface area contributed by atoms with Crippen molar-refractivity contribution in [1.82, 2.24) is 4.90 Å². The van der Waals surface area contributed by atoms with Gasteiger partial charge in [-0.1, -0.05) is 6.07 Å². The molecule has 0 fully saturated rings. The number of hydrogen-bond donors (Lipinski definition) is 2. The normalized spacial score (nSPS) is 10.4. The molecule has 6 nitrogen and oxygen atoms in total. The van der Waals surface area contributed by atoms with Crippen molar-refractivity contribution in [2.45, 2.75) is 26.8 Å². The van der Waals surface area contributed by atoms with E-state index in [9.17, 15) is 19.8 Å². The predicted octanol–water partition coefficient (Wildman–Crippen LogP) is 1.43. The molecule has 0 aliphatic carbocycles. The summed E-state index contributed by atoms with van der Waals surface area (Å²) in [7, 11) is 1.61. The van der Waals surface area contributed by atoms with Crippen LogP contribution < -0.4 is 0 Å². The van der Waals surface area contributed by atoms with Crippen molar-refractivity contribution in [1.29, 1.82) is 0 Å². The van der Waals surface area contributed by atoms with Crippen LogP contribution in [0.15, 0.2) is 12.1 Å². The van der Waals surface area contributed by atoms with E-state index in [2.05, 4.69) is 0 Å². The number of aromatic hydroxyl groups is 2. The Morgan fingerprint density at radius 2 is 1.85 bits per heavy atom. The first-order valence-electron chi connectivity index (χ1n) is 6.20. The van der Waals surface area contributed by atoms with Gasteiger partial charge in [0.25, 0.3) is 5.91 Å². The van der Waals surface area contributed by atoms with Crippen LogP contribution >= 0.6 is 0 Å². The molecule has 0 unspecified atom stereocenters. The molecule has 1 amide bonds. The van der Waals surface area contributed by atoms with E-state index in [1.165, 1.54) is 17.0 Å². The molecule has 0 bridgehead atoms. The Morgan fingerprint density at radius 3 is 2.40 bits per heavy atom. The first-order valence-corrected chi connectivity index (χ1v) is 6.20. The number of aryl methyl sites for hydroxylation is 1. The van der Waals surface area contributed by atoms with E-state index in [1.54, 1.807) is 14.0 Å². The summed E-state index contributed by atoms with van der Waals surface area (Å²) in [5, 5.41) is 19.2. The van der Waals surface area contributed by atoms with Crippen molar-refractivity contribution in [3.63, 3.8) is 0 Å². The molecule has 20 heavy (non-hydrogen) atoms. The fourth-order valence-electron chi connectivity index (χ4n) is 1.44. The Kier molecular flexibility index (Phi) is 4.96. The Morgan fingerprint density at radius 1 is 1.25 bits per heavy atom. The van der Waals surface area contributed by atoms with Crippen molar-refractivity contribution >= 4 is 11.9 Å². The number of rotatable bonds is 4. The average Bonchev–Trinajstić information content (AvgIpc) is 2.40. The maximum absolute atomic E-state index is 11.8. The van der Waals surface area contributed by atoms with Gasteiger partial charge < -0.3 is 19.8 Å². The molecule has 110 valence electrons. The second-order valence-corrected chi connectivity index (χ2v) is 4.80. The summed E-state index contributed by atoms with van der Waals surface area (Å²) >= 11 is 0. The van der Waals surface area contributed by atoms with Crippen molar-refractivity contribution in [3.8, 4) is 11.5 Å². The Bertz CT molecular complexity index is 525. The van der Waals surface area contributed by atoms with Gasteiger partial charge in [0.2, 0.25) is 0 Å². The van der Waals surface area contributed by atoms with Gasteiger partial charge in [-0.15, -0.1) is 0 Å². The standard InChI is InChI=1S/C14H19NO5/c1-8(2)15(4)11(16)7-20-14(19)10-6-5-9(3)12(17)13(10)18/h5-6,8,17-18H,7H2,1-4H3. The average molecular weight is 281 g/mol. The van der Waals surface area contributed by atoms with Gasteiger partial charge in [0.15, 0.2) is 18.1 Å². The molecule has 2 N–H and O–H groups in total. The molecule has 1 aromatic rings. The highest BCUT2D eigenvalue weighted by molar-refractivity contribution is 5.94. The summed E-state index contributed by atoms with van der Waals surface area (Å²) in [6, 6.07) is 2.81. The smallest absolute Gasteiger partial charge is 0.342 e. The third-order valence-corrected chi connectivity index (χ3v) is 3.07. The first-order chi connectivity index (χ1) is 9.25. The number of phenolic OH excluding ortho intramolecular Hbond substituents is 2. The molecule has 6 heteroatoms. The lowest BCUT2D eigenvalue weighted by Gasteiger charge is -2.21. The van der Waals surface area contributed by atoms with Gasteiger partial charge in [-0.3, -0.25) is 4.79 Å². The summed E-state index contributed by atoms with van der Waals surface area (Å²) in [5.41, 5.74) is 0.266. The Hall–Kier alpha value is -2.24. The fourth-order valence-corrected chi connectivity index (χ4v) is 1.44. The van der Waals surface area contributed by atoms with Crippen molar-refractivity contribution in [3.05, 3.63) is 23.3 Å². The van der Waals surface area contributed by atoms with E-state index < -0.39 is 18.3 Å². The van der Waals surface area contributed by atoms with E-state index in [-0.39, 0.29) is 23.3 Å². The lowest BCUT2D eigenvalue weighted by Crippen LogP contribution is -2.36. The third-order valence-electron chi connectivity index (χ3n) is 3.07. The van der Waals surface area contributed by atoms with Crippen LogP contribution in [-0.4, -0.2) is 46.7 Å². The third kappa shape index (κ3) is 3.40. The lowest BCUT2D eigenvalue weighted by atomic mass is 10.1. The number of carbonyl (C=O) groups is 2. The van der Waals surface area contributed by atoms with Gasteiger partial charge in [-0.05, 0) is 32.4 Å². The molecule has 1 aromatic carbocycles. The monoisotopic (exact) mass is 281 g/mol. The van der Waals surface area contributed by atoms with Crippen LogP contribution in [-0.2, 0) is 9.53 Å². The predicted molar refractivity (Wildman–Crippen MR) is 72.7 cm³/mol. The Labute approximate surface area is 117 Å². The maximum Gasteiger partial charge on any atom is 0.342 e.